The molecule has 1 rings (SSSR count). The summed E-state index contributed by atoms with van der Waals surface area (Å²) in [5, 5.41) is 0. The third-order valence-electron chi connectivity index (χ3n) is 7.31. The van der Waals surface area contributed by atoms with Crippen molar-refractivity contribution in [2.75, 3.05) is 6.61 Å². The fourth-order valence-electron chi connectivity index (χ4n) is 6.17. The summed E-state index contributed by atoms with van der Waals surface area (Å²) in [6.45, 7) is 51.1. The van der Waals surface area contributed by atoms with Crippen molar-refractivity contribution in [3.63, 3.8) is 0 Å². The zero-order chi connectivity index (χ0) is 33.4. The zero-order valence-corrected chi connectivity index (χ0v) is 29.4. The normalized spacial score (nSPS) is 16.2. The topological polar surface area (TPSA) is 127 Å². The van der Waals surface area contributed by atoms with Crippen LogP contribution in [0.1, 0.15) is 83.1 Å². The van der Waals surface area contributed by atoms with E-state index in [1.165, 1.54) is 0 Å². The molecule has 0 aromatic carbocycles. The van der Waals surface area contributed by atoms with E-state index in [9.17, 15) is 0 Å². The average molecular weight is 633 g/mol. The maximum absolute atomic E-state index is 7.50. The second-order valence-corrected chi connectivity index (χ2v) is 22.4. The summed E-state index contributed by atoms with van der Waals surface area (Å²) < 4.78 is 58.6. The molecular formula is C29H48CrO8Si2. The van der Waals surface area contributed by atoms with Crippen molar-refractivity contribution in [1.82, 2.24) is 0 Å². The van der Waals surface area contributed by atoms with Gasteiger partial charge in [0.05, 0.1) is 0 Å². The molecule has 0 spiro atoms. The first-order valence-electron chi connectivity index (χ1n) is 13.0. The van der Waals surface area contributed by atoms with Crippen LogP contribution in [-0.2, 0) is 52.7 Å². The molecule has 0 aromatic heterocycles. The van der Waals surface area contributed by atoms with Gasteiger partial charge in [-0.2, -0.15) is 0 Å². The number of ether oxygens (including phenoxy) is 1. The van der Waals surface area contributed by atoms with Crippen LogP contribution in [0.3, 0.4) is 0 Å². The van der Waals surface area contributed by atoms with Gasteiger partial charge in [0, 0.05) is 0 Å². The van der Waals surface area contributed by atoms with Crippen molar-refractivity contribution in [3.8, 4) is 0 Å². The molecule has 0 saturated carbocycles. The third-order valence-corrected chi connectivity index (χ3v) is 19.8. The molecule has 0 aliphatic carbocycles. The molecule has 1 aliphatic heterocycles. The van der Waals surface area contributed by atoms with Crippen LogP contribution in [0, 0.1) is 33.3 Å². The van der Waals surface area contributed by atoms with Gasteiger partial charge in [0.25, 0.3) is 0 Å². The monoisotopic (exact) mass is 632 g/mol. The molecule has 1 aliphatic rings. The fourth-order valence-corrected chi connectivity index (χ4v) is 17.5. The SMILES string of the molecule is CC(C)[Si](OC[C@H]1O[C](=[Cr])C=C[C@@H]1O[Si](C(C)C)(C(C)C)C(C)C)(C(C)C)C(C)C.[C-]#[O+].[C-]#[O+].[C-]#[O+].[C-]#[O+].[C-]#[O+]. The summed E-state index contributed by atoms with van der Waals surface area (Å²) in [5.74, 6) is 0. The van der Waals surface area contributed by atoms with Crippen LogP contribution in [0.5, 0.6) is 0 Å². The minimum atomic E-state index is -2.01. The molecule has 0 saturated heterocycles. The van der Waals surface area contributed by atoms with Crippen LogP contribution in [0.15, 0.2) is 12.2 Å². The minimum absolute atomic E-state index is 0.0563. The molecule has 8 nitrogen and oxygen atoms in total. The van der Waals surface area contributed by atoms with E-state index in [1.54, 1.807) is 0 Å². The van der Waals surface area contributed by atoms with Crippen molar-refractivity contribution in [3.05, 3.63) is 45.4 Å². The van der Waals surface area contributed by atoms with Gasteiger partial charge in [-0.15, -0.1) is 0 Å². The molecule has 0 unspecified atom stereocenters. The van der Waals surface area contributed by atoms with Crippen LogP contribution in [0.25, 0.3) is 0 Å². The van der Waals surface area contributed by atoms with E-state index in [0.717, 1.165) is 4.57 Å². The Morgan fingerprint density at radius 1 is 0.650 bits per heavy atom. The summed E-state index contributed by atoms with van der Waals surface area (Å²) >= 11 is 3.05. The van der Waals surface area contributed by atoms with Crippen LogP contribution in [-0.4, -0.2) is 40.0 Å². The number of hydrogen-bond donors (Lipinski definition) is 0. The Morgan fingerprint density at radius 2 is 0.950 bits per heavy atom. The predicted octanol–water partition coefficient (Wildman–Crippen LogP) is 7.18. The van der Waals surface area contributed by atoms with E-state index in [2.05, 4.69) is 138 Å². The van der Waals surface area contributed by atoms with E-state index in [4.69, 9.17) is 36.8 Å². The van der Waals surface area contributed by atoms with Gasteiger partial charge in [0.15, 0.2) is 0 Å². The Bertz CT molecular complexity index is 718. The van der Waals surface area contributed by atoms with Gasteiger partial charge in [-0.1, -0.05) is 0 Å². The van der Waals surface area contributed by atoms with Gasteiger partial charge in [0.1, 0.15) is 0 Å². The van der Waals surface area contributed by atoms with Crippen LogP contribution >= 0.6 is 0 Å². The summed E-state index contributed by atoms with van der Waals surface area (Å²) in [6, 6.07) is 0. The quantitative estimate of drug-likeness (QED) is 0.136. The Balaban J connectivity index is -0.000000365. The van der Waals surface area contributed by atoms with Crippen molar-refractivity contribution in [1.29, 1.82) is 0 Å². The fraction of sp³-hybridized carbons (Fsp3) is 0.724. The molecule has 226 valence electrons. The van der Waals surface area contributed by atoms with Crippen LogP contribution < -0.4 is 0 Å². The molecule has 0 bridgehead atoms. The molecule has 0 amide bonds. The van der Waals surface area contributed by atoms with Crippen molar-refractivity contribution < 1.29 is 52.7 Å². The van der Waals surface area contributed by atoms with Crippen LogP contribution in [0.2, 0.25) is 33.2 Å². The Morgan fingerprint density at radius 3 is 1.23 bits per heavy atom. The van der Waals surface area contributed by atoms with E-state index >= 15 is 0 Å². The van der Waals surface area contributed by atoms with Gasteiger partial charge >= 0.3 is 254 Å². The number of hydrogen-bond acceptors (Lipinski definition) is 3. The second kappa shape index (κ2) is 27.0. The third kappa shape index (κ3) is 13.9. The van der Waals surface area contributed by atoms with Gasteiger partial charge in [-0.3, -0.25) is 0 Å². The van der Waals surface area contributed by atoms with Gasteiger partial charge in [0.2, 0.25) is 0 Å². The molecule has 0 radical (unpaired) electrons. The molecule has 0 N–H and O–H groups in total. The molecule has 11 heteroatoms. The van der Waals surface area contributed by atoms with E-state index in [-0.39, 0.29) is 12.2 Å². The molecular weight excluding hydrogens is 584 g/mol. The second-order valence-electron chi connectivity index (χ2n) is 10.9. The van der Waals surface area contributed by atoms with Gasteiger partial charge in [-0.05, 0) is 0 Å². The van der Waals surface area contributed by atoms with E-state index in [0.29, 0.717) is 39.9 Å². The Kier molecular flexibility index (Phi) is 33.0. The first-order chi connectivity index (χ1) is 18.7. The van der Waals surface area contributed by atoms with Gasteiger partial charge in [-0.25, -0.2) is 0 Å². The first-order valence-corrected chi connectivity index (χ1v) is 17.9. The summed E-state index contributed by atoms with van der Waals surface area (Å²) in [5.41, 5.74) is 3.30. The molecule has 2 atom stereocenters. The Hall–Kier alpha value is -0.844. The summed E-state index contributed by atoms with van der Waals surface area (Å²) in [6.07, 6.45) is 4.07. The molecule has 1 heterocycles. The Labute approximate surface area is 253 Å². The molecule has 40 heavy (non-hydrogen) atoms. The van der Waals surface area contributed by atoms with E-state index in [1.807, 2.05) is 6.08 Å². The van der Waals surface area contributed by atoms with E-state index < -0.39 is 16.6 Å². The molecule has 0 fully saturated rings. The summed E-state index contributed by atoms with van der Waals surface area (Å²) in [4.78, 5) is 0. The first kappa shape index (κ1) is 48.9. The average Bonchev–Trinajstić information content (AvgIpc) is 2.93. The van der Waals surface area contributed by atoms with Crippen molar-refractivity contribution in [2.45, 2.75) is 129 Å². The zero-order valence-electron chi connectivity index (χ0n) is 26.2. The predicted molar refractivity (Wildman–Crippen MR) is 152 cm³/mol. The standard InChI is InChI=1S/C24H48O3Si2.5CO.Cr/c1-17(2)28(18(3)4,19(5)6)26-16-24-23(14-13-15-25-24)27-29(20(7)8,21(9)10)22(11)12;5*1-2;/h13-14,17-24H,16H2,1-12H3;;;;;;/t23-,24+;;;;;;/m0....../s1. The summed E-state index contributed by atoms with van der Waals surface area (Å²) in [7, 11) is -3.97. The van der Waals surface area contributed by atoms with Crippen molar-refractivity contribution in [2.24, 2.45) is 0 Å². The maximum atomic E-state index is 7.50. The number of rotatable bonds is 11. The van der Waals surface area contributed by atoms with Gasteiger partial charge < -0.3 is 0 Å². The molecule has 0 aromatic rings. The van der Waals surface area contributed by atoms with Crippen LogP contribution in [0.4, 0.5) is 0 Å². The van der Waals surface area contributed by atoms with Crippen molar-refractivity contribution >= 4 is 21.2 Å².